The predicted molar refractivity (Wildman–Crippen MR) is 58.3 cm³/mol. The summed E-state index contributed by atoms with van der Waals surface area (Å²) in [5.41, 5.74) is 5.63. The molecule has 0 amide bonds. The first-order valence-electron chi connectivity index (χ1n) is 5.48. The molecule has 1 fully saturated rings. The summed E-state index contributed by atoms with van der Waals surface area (Å²) in [6, 6.07) is 4.90. The molecule has 3 heteroatoms. The third-order valence-corrected chi connectivity index (χ3v) is 2.84. The van der Waals surface area contributed by atoms with E-state index in [-0.39, 0.29) is 11.8 Å². The van der Waals surface area contributed by atoms with Gasteiger partial charge in [0.05, 0.1) is 11.8 Å². The van der Waals surface area contributed by atoms with Gasteiger partial charge in [-0.05, 0) is 37.8 Å². The Hall–Kier alpha value is -1.25. The van der Waals surface area contributed by atoms with E-state index >= 15 is 0 Å². The molecule has 0 bridgehead atoms. The Morgan fingerprint density at radius 2 is 1.93 bits per heavy atom. The van der Waals surface area contributed by atoms with Gasteiger partial charge in [-0.2, -0.15) is 0 Å². The third-order valence-electron chi connectivity index (χ3n) is 2.84. The lowest BCUT2D eigenvalue weighted by Crippen LogP contribution is -2.20. The van der Waals surface area contributed by atoms with Gasteiger partial charge in [0, 0.05) is 0 Å². The Labute approximate surface area is 89.2 Å². The van der Waals surface area contributed by atoms with Crippen LogP contribution in [0.25, 0.3) is 0 Å². The molecule has 2 nitrogen and oxygen atoms in total. The summed E-state index contributed by atoms with van der Waals surface area (Å²) in [6.07, 6.45) is 5.82. The molecule has 2 rings (SSSR count). The molecule has 0 radical (unpaired) electrons. The van der Waals surface area contributed by atoms with Crippen molar-refractivity contribution in [3.8, 4) is 5.75 Å². The van der Waals surface area contributed by atoms with Gasteiger partial charge in [-0.15, -0.1) is 0 Å². The zero-order valence-corrected chi connectivity index (χ0v) is 8.71. The van der Waals surface area contributed by atoms with E-state index in [1.54, 1.807) is 18.2 Å². The van der Waals surface area contributed by atoms with Gasteiger partial charge in [-0.25, -0.2) is 4.39 Å². The number of hydrogen-bond donors (Lipinski definition) is 1. The molecule has 0 aliphatic heterocycles. The first-order chi connectivity index (χ1) is 7.27. The molecule has 1 aliphatic rings. The van der Waals surface area contributed by atoms with Crippen molar-refractivity contribution in [2.24, 2.45) is 0 Å². The van der Waals surface area contributed by atoms with Crippen LogP contribution in [0.15, 0.2) is 18.2 Å². The van der Waals surface area contributed by atoms with Crippen molar-refractivity contribution in [2.75, 3.05) is 5.73 Å². The molecule has 0 unspecified atom stereocenters. The van der Waals surface area contributed by atoms with Crippen molar-refractivity contribution >= 4 is 5.69 Å². The standard InChI is InChI=1S/C12H16FNO/c13-12-10(14)7-4-8-11(12)15-9-5-2-1-3-6-9/h4,7-9H,1-3,5-6,14H2. The first-order valence-corrected chi connectivity index (χ1v) is 5.48. The van der Waals surface area contributed by atoms with Crippen LogP contribution < -0.4 is 10.5 Å². The van der Waals surface area contributed by atoms with E-state index in [9.17, 15) is 4.39 Å². The van der Waals surface area contributed by atoms with Gasteiger partial charge in [0.1, 0.15) is 0 Å². The van der Waals surface area contributed by atoms with Crippen LogP contribution in [-0.4, -0.2) is 6.10 Å². The third kappa shape index (κ3) is 2.41. The highest BCUT2D eigenvalue weighted by molar-refractivity contribution is 5.45. The highest BCUT2D eigenvalue weighted by atomic mass is 19.1. The molecule has 0 spiro atoms. The molecule has 15 heavy (non-hydrogen) atoms. The molecule has 0 aromatic heterocycles. The van der Waals surface area contributed by atoms with Crippen molar-refractivity contribution in [1.29, 1.82) is 0 Å². The van der Waals surface area contributed by atoms with Crippen LogP contribution in [0.1, 0.15) is 32.1 Å². The maximum absolute atomic E-state index is 13.5. The molecule has 1 aromatic carbocycles. The predicted octanol–water partition coefficient (Wildman–Crippen LogP) is 3.12. The van der Waals surface area contributed by atoms with E-state index < -0.39 is 5.82 Å². The number of nitrogens with two attached hydrogens (primary N) is 1. The summed E-state index contributed by atoms with van der Waals surface area (Å²) in [7, 11) is 0. The normalized spacial score (nSPS) is 17.7. The summed E-state index contributed by atoms with van der Waals surface area (Å²) in [5.74, 6) is -0.134. The van der Waals surface area contributed by atoms with E-state index in [0.717, 1.165) is 12.8 Å². The maximum Gasteiger partial charge on any atom is 0.187 e. The largest absolute Gasteiger partial charge is 0.487 e. The molecule has 1 aromatic rings. The van der Waals surface area contributed by atoms with Crippen LogP contribution in [0.2, 0.25) is 0 Å². The fourth-order valence-electron chi connectivity index (χ4n) is 1.98. The van der Waals surface area contributed by atoms with Crippen LogP contribution in [0.4, 0.5) is 10.1 Å². The summed E-state index contributed by atoms with van der Waals surface area (Å²) < 4.78 is 19.1. The van der Waals surface area contributed by atoms with Gasteiger partial charge >= 0.3 is 0 Å². The minimum Gasteiger partial charge on any atom is -0.487 e. The van der Waals surface area contributed by atoms with Crippen molar-refractivity contribution in [3.05, 3.63) is 24.0 Å². The molecular weight excluding hydrogens is 193 g/mol. The highest BCUT2D eigenvalue weighted by Crippen LogP contribution is 2.27. The monoisotopic (exact) mass is 209 g/mol. The van der Waals surface area contributed by atoms with Crippen LogP contribution in [0.3, 0.4) is 0 Å². The van der Waals surface area contributed by atoms with Crippen LogP contribution in [-0.2, 0) is 0 Å². The zero-order valence-electron chi connectivity index (χ0n) is 8.71. The molecule has 82 valence electrons. The number of ether oxygens (including phenoxy) is 1. The number of halogens is 1. The lowest BCUT2D eigenvalue weighted by molar-refractivity contribution is 0.149. The number of hydrogen-bond acceptors (Lipinski definition) is 2. The summed E-state index contributed by atoms with van der Waals surface area (Å²) in [6.45, 7) is 0. The minimum absolute atomic E-state index is 0.156. The van der Waals surface area contributed by atoms with E-state index in [1.807, 2.05) is 0 Å². The Morgan fingerprint density at radius 3 is 2.67 bits per heavy atom. The molecule has 0 atom stereocenters. The second-order valence-electron chi connectivity index (χ2n) is 4.04. The summed E-state index contributed by atoms with van der Waals surface area (Å²) in [4.78, 5) is 0. The van der Waals surface area contributed by atoms with Gasteiger partial charge < -0.3 is 10.5 Å². The fourth-order valence-corrected chi connectivity index (χ4v) is 1.98. The lowest BCUT2D eigenvalue weighted by atomic mass is 9.98. The fraction of sp³-hybridized carbons (Fsp3) is 0.500. The molecule has 0 heterocycles. The smallest absolute Gasteiger partial charge is 0.187 e. The van der Waals surface area contributed by atoms with E-state index in [1.165, 1.54) is 19.3 Å². The van der Waals surface area contributed by atoms with E-state index in [2.05, 4.69) is 0 Å². The Kier molecular flexibility index (Phi) is 3.09. The topological polar surface area (TPSA) is 35.2 Å². The van der Waals surface area contributed by atoms with Crippen LogP contribution >= 0.6 is 0 Å². The number of rotatable bonds is 2. The van der Waals surface area contributed by atoms with E-state index in [4.69, 9.17) is 10.5 Å². The van der Waals surface area contributed by atoms with Crippen molar-refractivity contribution in [1.82, 2.24) is 0 Å². The Balaban J connectivity index is 2.06. The quantitative estimate of drug-likeness (QED) is 0.759. The first kappa shape index (κ1) is 10.3. The second kappa shape index (κ2) is 4.51. The average molecular weight is 209 g/mol. The van der Waals surface area contributed by atoms with Gasteiger partial charge in [0.2, 0.25) is 0 Å². The average Bonchev–Trinajstić information content (AvgIpc) is 2.26. The molecular formula is C12H16FNO. The Morgan fingerprint density at radius 1 is 1.20 bits per heavy atom. The van der Waals surface area contributed by atoms with Crippen LogP contribution in [0.5, 0.6) is 5.75 Å². The lowest BCUT2D eigenvalue weighted by Gasteiger charge is -2.23. The zero-order chi connectivity index (χ0) is 10.7. The SMILES string of the molecule is Nc1cccc(OC2CCCCC2)c1F. The molecule has 0 saturated heterocycles. The van der Waals surface area contributed by atoms with Crippen molar-refractivity contribution < 1.29 is 9.13 Å². The summed E-state index contributed by atoms with van der Waals surface area (Å²) >= 11 is 0. The number of benzene rings is 1. The van der Waals surface area contributed by atoms with Gasteiger partial charge in [-0.1, -0.05) is 12.5 Å². The van der Waals surface area contributed by atoms with Gasteiger partial charge in [-0.3, -0.25) is 0 Å². The second-order valence-corrected chi connectivity index (χ2v) is 4.04. The van der Waals surface area contributed by atoms with Gasteiger partial charge in [0.15, 0.2) is 11.6 Å². The van der Waals surface area contributed by atoms with Crippen LogP contribution in [0, 0.1) is 5.82 Å². The van der Waals surface area contributed by atoms with E-state index in [0.29, 0.717) is 5.75 Å². The van der Waals surface area contributed by atoms with Crippen molar-refractivity contribution in [3.63, 3.8) is 0 Å². The Bertz CT molecular complexity index is 334. The number of anilines is 1. The molecule has 1 saturated carbocycles. The number of nitrogen functional groups attached to an aromatic ring is 1. The summed E-state index contributed by atoms with van der Waals surface area (Å²) in [5, 5.41) is 0. The minimum atomic E-state index is -0.428. The highest BCUT2D eigenvalue weighted by Gasteiger charge is 2.17. The maximum atomic E-state index is 13.5. The molecule has 1 aliphatic carbocycles. The van der Waals surface area contributed by atoms with Gasteiger partial charge in [0.25, 0.3) is 0 Å². The van der Waals surface area contributed by atoms with Crippen molar-refractivity contribution in [2.45, 2.75) is 38.2 Å². The molecule has 2 N–H and O–H groups in total.